The van der Waals surface area contributed by atoms with E-state index < -0.39 is 59.4 Å². The second kappa shape index (κ2) is 36.4. The molecule has 0 aliphatic carbocycles. The largest absolute Gasteiger partial charge is 0.504 e. The first-order chi connectivity index (χ1) is 21.0. The Morgan fingerprint density at radius 2 is 0.667 bits per heavy atom. The second-order valence-electron chi connectivity index (χ2n) is 15.2. The van der Waals surface area contributed by atoms with Gasteiger partial charge in [-0.25, -0.2) is 0 Å². The van der Waals surface area contributed by atoms with Crippen molar-refractivity contribution in [3.8, 4) is 0 Å². The Bertz CT molecular complexity index is 633. The molecule has 0 aromatic rings. The van der Waals surface area contributed by atoms with Crippen molar-refractivity contribution in [3.05, 3.63) is 0 Å². The Hall–Kier alpha value is 0.806. The van der Waals surface area contributed by atoms with Crippen molar-refractivity contribution in [1.29, 1.82) is 0 Å². The van der Waals surface area contributed by atoms with Gasteiger partial charge in [0.25, 0.3) is 0 Å². The van der Waals surface area contributed by atoms with E-state index in [4.69, 9.17) is 43.6 Å². The van der Waals surface area contributed by atoms with Crippen molar-refractivity contribution in [2.24, 2.45) is 0 Å². The molecule has 0 aliphatic rings. The van der Waals surface area contributed by atoms with Gasteiger partial charge in [0.2, 0.25) is 0 Å². The van der Waals surface area contributed by atoms with Crippen LogP contribution in [0, 0.1) is 0 Å². The maximum absolute atomic E-state index is 6.09. The number of hydrogen-bond acceptors (Lipinski definition) is 10. The normalized spacial score (nSPS) is 11.8. The van der Waals surface area contributed by atoms with Gasteiger partial charge in [-0.2, -0.15) is 0 Å². The Morgan fingerprint density at radius 1 is 0.431 bits per heavy atom. The van der Waals surface area contributed by atoms with Crippen LogP contribution in [0.15, 0.2) is 0 Å². The molecule has 316 valence electrons. The summed E-state index contributed by atoms with van der Waals surface area (Å²) in [6, 6.07) is 0. The van der Waals surface area contributed by atoms with Crippen LogP contribution in [0.5, 0.6) is 0 Å². The molecule has 0 fully saturated rings. The predicted octanol–water partition coefficient (Wildman–Crippen LogP) is 10.9. The molecule has 0 spiro atoms. The van der Waals surface area contributed by atoms with E-state index in [2.05, 4.69) is 112 Å². The maximum atomic E-state index is 6.09. The minimum Gasteiger partial charge on any atom is -0.456 e. The third kappa shape index (κ3) is 55.2. The van der Waals surface area contributed by atoms with Crippen molar-refractivity contribution < 1.29 is 64.7 Å². The van der Waals surface area contributed by atoms with E-state index >= 15 is 0 Å². The first-order valence-electron chi connectivity index (χ1n) is 17.0. The SMILES string of the molecule is C.C.CCC.CCCCOCC.CO[Si](C[Si](OC)(OC)OC)(OC)OC.C[Si](C)(C)O[Si](C)(C)C.C[Si](C)(C)O[Si](C)(C)O[Si](C)(C)C.[Rf].[W]. The topological polar surface area (TPSA) is 92.3 Å². The molecule has 0 heterocycles. The Kier molecular flexibility index (Phi) is 52.2. The minimum atomic E-state index is -2.73. The average molecular weight is 1280 g/mol. The molecular weight excluding hydrogens is 1190 g/mol. The molecule has 0 amide bonds. The Morgan fingerprint density at radius 3 is 0.804 bits per heavy atom. The quantitative estimate of drug-likeness (QED) is 0.0976. The summed E-state index contributed by atoms with van der Waals surface area (Å²) in [7, 11) is -3.39. The Balaban J connectivity index is -0.0000000644. The minimum absolute atomic E-state index is 0. The van der Waals surface area contributed by atoms with Crippen molar-refractivity contribution in [3.63, 3.8) is 0 Å². The van der Waals surface area contributed by atoms with Crippen LogP contribution in [-0.2, 0) is 64.7 Å². The molecule has 0 N–H and O–H groups in total. The molecular formula is C32H92O10RfSi7W. The number of ether oxygens (including phenoxy) is 1. The van der Waals surface area contributed by atoms with Crippen molar-refractivity contribution in [2.45, 2.75) is 159 Å². The first-order valence-corrected chi connectivity index (χ1v) is 37.3. The summed E-state index contributed by atoms with van der Waals surface area (Å²) in [5, 5.41) is 0. The molecule has 0 saturated heterocycles. The van der Waals surface area contributed by atoms with E-state index in [0.29, 0.717) is 5.67 Å². The van der Waals surface area contributed by atoms with Gasteiger partial charge in [0, 0.05) is 76.9 Å². The number of rotatable bonds is 18. The fraction of sp³-hybridized carbons (Fsp3) is 1.00. The molecule has 0 aliphatic heterocycles. The molecule has 0 saturated carbocycles. The van der Waals surface area contributed by atoms with Crippen LogP contribution in [0.4, 0.5) is 0 Å². The summed E-state index contributed by atoms with van der Waals surface area (Å²) >= 11 is 0. The van der Waals surface area contributed by atoms with Crippen LogP contribution >= 0.6 is 0 Å². The van der Waals surface area contributed by atoms with E-state index in [0.717, 1.165) is 13.2 Å². The molecule has 10 nitrogen and oxygen atoms in total. The van der Waals surface area contributed by atoms with Gasteiger partial charge in [-0.05, 0) is 105 Å². The Labute approximate surface area is 337 Å². The first kappa shape index (κ1) is 73.0. The van der Waals surface area contributed by atoms with Gasteiger partial charge in [-0.15, -0.1) is 0 Å². The van der Waals surface area contributed by atoms with E-state index in [9.17, 15) is 0 Å². The van der Waals surface area contributed by atoms with E-state index in [-0.39, 0.29) is 35.9 Å². The van der Waals surface area contributed by atoms with Gasteiger partial charge in [-0.3, -0.25) is 0 Å². The monoisotopic (exact) mass is 1280 g/mol. The number of unbranched alkanes of at least 4 members (excludes halogenated alkanes) is 1. The molecule has 19 heteroatoms. The van der Waals surface area contributed by atoms with Gasteiger partial charge in [0.05, 0.1) is 5.67 Å². The van der Waals surface area contributed by atoms with Crippen LogP contribution in [0.2, 0.25) is 97.3 Å². The van der Waals surface area contributed by atoms with Crippen LogP contribution < -0.4 is 0 Å². The van der Waals surface area contributed by atoms with Crippen molar-refractivity contribution in [1.82, 2.24) is 0 Å². The molecule has 51 heavy (non-hydrogen) atoms. The molecule has 0 aromatic heterocycles. The summed E-state index contributed by atoms with van der Waals surface area (Å²) in [6.45, 7) is 41.3. The summed E-state index contributed by atoms with van der Waals surface area (Å²) < 4.78 is 54.9. The molecule has 0 aromatic carbocycles. The van der Waals surface area contributed by atoms with Crippen molar-refractivity contribution >= 4 is 59.4 Å². The third-order valence-corrected chi connectivity index (χ3v) is 25.8. The molecule has 0 radical (unpaired) electrons. The van der Waals surface area contributed by atoms with Crippen LogP contribution in [-0.4, -0.2) is 115 Å². The summed E-state index contributed by atoms with van der Waals surface area (Å²) in [5.74, 6) is 0. The van der Waals surface area contributed by atoms with Gasteiger partial charge in [0.15, 0.2) is 33.3 Å². The zero-order valence-electron chi connectivity index (χ0n) is 36.9. The maximum Gasteiger partial charge on any atom is 0.504 e. The van der Waals surface area contributed by atoms with Crippen LogP contribution in [0.25, 0.3) is 0 Å². The van der Waals surface area contributed by atoms with Gasteiger partial charge >= 0.3 is 26.2 Å². The van der Waals surface area contributed by atoms with Crippen LogP contribution in [0.1, 0.15) is 61.8 Å². The summed E-state index contributed by atoms with van der Waals surface area (Å²) in [4.78, 5) is 0. The number of hydrogen-bond donors (Lipinski definition) is 0. The molecule has 0 atom stereocenters. The standard InChI is InChI=1S/C8H24O2Si3.C7H20O6Si2.C6H18OSi2.C6H14O.C3H8.2CH4.Rf.W/c1-11(2,3)9-13(7,8)10-12(4,5)6;1-8-14(9-2,10-3)7-15(11-4,12-5)13-6;1-8(2,3)7-9(4,5)6;1-3-5-6-7-4-2;1-3-2;;;;/h1-8H3;7H2,1-6H3;1-6H3;3-6H2,1-2H3;3H2,1-2H3;2*1H4;;. The van der Waals surface area contributed by atoms with E-state index in [1.54, 1.807) is 42.7 Å². The van der Waals surface area contributed by atoms with Crippen LogP contribution in [0.3, 0.4) is 0 Å². The van der Waals surface area contributed by atoms with Gasteiger partial charge < -0.3 is 43.6 Å². The van der Waals surface area contributed by atoms with E-state index in [1.807, 2.05) is 6.92 Å². The fourth-order valence-corrected chi connectivity index (χ4v) is 30.3. The molecule has 0 bridgehead atoms. The van der Waals surface area contributed by atoms with E-state index in [1.165, 1.54) is 19.3 Å². The smallest absolute Gasteiger partial charge is 0.456 e. The second-order valence-corrected chi connectivity index (χ2v) is 43.9. The fourth-order valence-electron chi connectivity index (χ4n) is 4.00. The van der Waals surface area contributed by atoms with Crippen molar-refractivity contribution in [2.75, 3.05) is 55.9 Å². The van der Waals surface area contributed by atoms with Gasteiger partial charge in [-0.1, -0.05) is 48.5 Å². The average Bonchev–Trinajstić information content (AvgIpc) is 2.87. The summed E-state index contributed by atoms with van der Waals surface area (Å²) in [5.41, 5.74) is 0.382. The third-order valence-electron chi connectivity index (χ3n) is 4.86. The summed E-state index contributed by atoms with van der Waals surface area (Å²) in [6.07, 6.45) is 3.69. The molecule has 0 unspecified atom stereocenters. The predicted molar refractivity (Wildman–Crippen MR) is 233 cm³/mol. The molecule has 0 rings (SSSR count). The zero-order valence-corrected chi connectivity index (χ0v) is 53.3. The zero-order chi connectivity index (χ0) is 38.8. The van der Waals surface area contributed by atoms with Gasteiger partial charge in [0.1, 0.15) is 0 Å².